The van der Waals surface area contributed by atoms with Gasteiger partial charge in [0, 0.05) is 12.8 Å². The molecule has 0 aromatic rings. The summed E-state index contributed by atoms with van der Waals surface area (Å²) in [4.78, 5) is 22.7. The molecule has 1 atom stereocenters. The summed E-state index contributed by atoms with van der Waals surface area (Å²) in [6, 6.07) is 0. The van der Waals surface area contributed by atoms with E-state index in [1.165, 1.54) is 64.2 Å². The van der Waals surface area contributed by atoms with Crippen LogP contribution in [-0.4, -0.2) is 23.1 Å². The zero-order valence-electron chi connectivity index (χ0n) is 19.6. The second kappa shape index (κ2) is 20.2. The Labute approximate surface area is 180 Å². The van der Waals surface area contributed by atoms with Crippen molar-refractivity contribution in [1.29, 1.82) is 0 Å². The van der Waals surface area contributed by atoms with Crippen molar-refractivity contribution in [3.05, 3.63) is 0 Å². The molecule has 0 bridgehead atoms. The van der Waals surface area contributed by atoms with Crippen molar-refractivity contribution in [2.75, 3.05) is 0 Å². The molecule has 0 aromatic heterocycles. The van der Waals surface area contributed by atoms with Crippen molar-refractivity contribution in [1.82, 2.24) is 0 Å². The van der Waals surface area contributed by atoms with E-state index in [0.717, 1.165) is 31.6 Å². The van der Waals surface area contributed by atoms with Gasteiger partial charge in [0.15, 0.2) is 0 Å². The molecule has 0 aliphatic carbocycles. The first kappa shape index (κ1) is 27.9. The van der Waals surface area contributed by atoms with E-state index in [2.05, 4.69) is 20.8 Å². The van der Waals surface area contributed by atoms with Crippen molar-refractivity contribution in [3.63, 3.8) is 0 Å². The lowest BCUT2D eigenvalue weighted by molar-refractivity contribution is -0.150. The highest BCUT2D eigenvalue weighted by Crippen LogP contribution is 2.18. The number of carbonyl (C=O) groups is 2. The number of ether oxygens (including phenoxy) is 1. The molecule has 0 aliphatic heterocycles. The van der Waals surface area contributed by atoms with Gasteiger partial charge in [-0.15, -0.1) is 0 Å². The Morgan fingerprint density at radius 1 is 0.690 bits per heavy atom. The van der Waals surface area contributed by atoms with E-state index >= 15 is 0 Å². The molecule has 4 nitrogen and oxygen atoms in total. The van der Waals surface area contributed by atoms with Gasteiger partial charge in [0.25, 0.3) is 0 Å². The molecule has 0 saturated carbocycles. The topological polar surface area (TPSA) is 63.6 Å². The van der Waals surface area contributed by atoms with E-state index in [4.69, 9.17) is 9.84 Å². The molecule has 4 heteroatoms. The maximum atomic E-state index is 12.1. The van der Waals surface area contributed by atoms with Crippen LogP contribution >= 0.6 is 0 Å². The van der Waals surface area contributed by atoms with Crippen LogP contribution in [0.1, 0.15) is 136 Å². The predicted octanol–water partition coefficient (Wildman–Crippen LogP) is 7.68. The molecule has 0 heterocycles. The zero-order valence-corrected chi connectivity index (χ0v) is 19.6. The van der Waals surface area contributed by atoms with Gasteiger partial charge in [0.2, 0.25) is 0 Å². The molecule has 172 valence electrons. The van der Waals surface area contributed by atoms with Crippen molar-refractivity contribution in [2.24, 2.45) is 5.92 Å². The molecule has 0 aliphatic rings. The lowest BCUT2D eigenvalue weighted by atomic mass is 10.0. The second-order valence-electron chi connectivity index (χ2n) is 9.01. The minimum absolute atomic E-state index is 0.0442. The van der Waals surface area contributed by atoms with Crippen molar-refractivity contribution in [2.45, 2.75) is 142 Å². The van der Waals surface area contributed by atoms with E-state index in [-0.39, 0.29) is 18.5 Å². The third-order valence-electron chi connectivity index (χ3n) is 5.51. The van der Waals surface area contributed by atoms with E-state index in [1.54, 1.807) is 0 Å². The van der Waals surface area contributed by atoms with Crippen molar-refractivity contribution >= 4 is 11.9 Å². The largest absolute Gasteiger partial charge is 0.481 e. The second-order valence-corrected chi connectivity index (χ2v) is 9.01. The first-order chi connectivity index (χ1) is 14.0. The summed E-state index contributed by atoms with van der Waals surface area (Å²) in [5.41, 5.74) is 0. The third-order valence-corrected chi connectivity index (χ3v) is 5.51. The van der Waals surface area contributed by atoms with Gasteiger partial charge in [-0.05, 0) is 44.4 Å². The quantitative estimate of drug-likeness (QED) is 0.155. The predicted molar refractivity (Wildman–Crippen MR) is 121 cm³/mol. The number of carboxylic acids is 1. The van der Waals surface area contributed by atoms with Crippen LogP contribution in [0.15, 0.2) is 0 Å². The Balaban J connectivity index is 4.08. The Bertz CT molecular complexity index is 392. The lowest BCUT2D eigenvalue weighted by Gasteiger charge is -2.18. The van der Waals surface area contributed by atoms with Gasteiger partial charge in [0.05, 0.1) is 0 Å². The monoisotopic (exact) mass is 412 g/mol. The van der Waals surface area contributed by atoms with E-state index in [1.807, 2.05) is 0 Å². The summed E-state index contributed by atoms with van der Waals surface area (Å²) in [5, 5.41) is 8.69. The molecule has 0 spiro atoms. The van der Waals surface area contributed by atoms with Gasteiger partial charge in [-0.3, -0.25) is 9.59 Å². The first-order valence-electron chi connectivity index (χ1n) is 12.4. The van der Waals surface area contributed by atoms with Crippen molar-refractivity contribution < 1.29 is 19.4 Å². The number of unbranched alkanes of at least 4 members (excludes halogenated alkanes) is 10. The van der Waals surface area contributed by atoms with Gasteiger partial charge in [-0.2, -0.15) is 0 Å². The van der Waals surface area contributed by atoms with E-state index < -0.39 is 5.97 Å². The van der Waals surface area contributed by atoms with Crippen LogP contribution in [0.2, 0.25) is 0 Å². The summed E-state index contributed by atoms with van der Waals surface area (Å²) in [7, 11) is 0. The van der Waals surface area contributed by atoms with E-state index in [9.17, 15) is 9.59 Å². The highest BCUT2D eigenvalue weighted by atomic mass is 16.5. The van der Waals surface area contributed by atoms with Crippen LogP contribution < -0.4 is 0 Å². The van der Waals surface area contributed by atoms with Gasteiger partial charge in [-0.25, -0.2) is 0 Å². The molecular weight excluding hydrogens is 364 g/mol. The molecule has 0 radical (unpaired) electrons. The number of hydrogen-bond donors (Lipinski definition) is 1. The highest BCUT2D eigenvalue weighted by Gasteiger charge is 2.14. The van der Waals surface area contributed by atoms with Crippen LogP contribution in [0.4, 0.5) is 0 Å². The Morgan fingerprint density at radius 3 is 1.69 bits per heavy atom. The number of aliphatic carboxylic acids is 1. The molecule has 29 heavy (non-hydrogen) atoms. The normalized spacial score (nSPS) is 12.3. The summed E-state index contributed by atoms with van der Waals surface area (Å²) < 4.78 is 5.76. The molecule has 0 saturated heterocycles. The summed E-state index contributed by atoms with van der Waals surface area (Å²) in [6.07, 6.45) is 18.7. The number of rotatable bonds is 21. The van der Waals surface area contributed by atoms with Crippen LogP contribution in [0.3, 0.4) is 0 Å². The minimum atomic E-state index is -0.798. The maximum absolute atomic E-state index is 12.1. The van der Waals surface area contributed by atoms with Gasteiger partial charge >= 0.3 is 11.9 Å². The van der Waals surface area contributed by atoms with Crippen molar-refractivity contribution in [3.8, 4) is 0 Å². The van der Waals surface area contributed by atoms with Crippen LogP contribution in [0, 0.1) is 5.92 Å². The number of carbonyl (C=O) groups excluding carboxylic acids is 1. The number of hydrogen-bond acceptors (Lipinski definition) is 3. The molecule has 0 fully saturated rings. The Hall–Kier alpha value is -1.06. The van der Waals surface area contributed by atoms with Gasteiger partial charge in [-0.1, -0.05) is 85.0 Å². The Kier molecular flexibility index (Phi) is 19.5. The molecule has 0 rings (SSSR count). The van der Waals surface area contributed by atoms with Crippen LogP contribution in [0.5, 0.6) is 0 Å². The number of carboxylic acid groups (broad SMARTS) is 1. The zero-order chi connectivity index (χ0) is 21.7. The minimum Gasteiger partial charge on any atom is -0.481 e. The fourth-order valence-corrected chi connectivity index (χ4v) is 3.66. The molecule has 0 aromatic carbocycles. The summed E-state index contributed by atoms with van der Waals surface area (Å²) in [6.45, 7) is 6.78. The SMILES string of the molecule is CCCCCCCCCC(CCCCCCC(C)C)OC(=O)CCCCC(=O)O. The summed E-state index contributed by atoms with van der Waals surface area (Å²) >= 11 is 0. The molecule has 1 unspecified atom stereocenters. The lowest BCUT2D eigenvalue weighted by Crippen LogP contribution is -2.18. The first-order valence-corrected chi connectivity index (χ1v) is 12.4. The standard InChI is InChI=1S/C25H48O4/c1-4-5-6-7-8-9-13-18-23(19-14-11-10-12-17-22(2)3)29-25(28)21-16-15-20-24(26)27/h22-23H,4-21H2,1-3H3,(H,26,27). The smallest absolute Gasteiger partial charge is 0.306 e. The third kappa shape index (κ3) is 21.5. The Morgan fingerprint density at radius 2 is 1.17 bits per heavy atom. The average molecular weight is 413 g/mol. The summed E-state index contributed by atoms with van der Waals surface area (Å²) in [5.74, 6) is -0.169. The maximum Gasteiger partial charge on any atom is 0.306 e. The number of esters is 1. The van der Waals surface area contributed by atoms with Crippen LogP contribution in [-0.2, 0) is 14.3 Å². The van der Waals surface area contributed by atoms with Crippen LogP contribution in [0.25, 0.3) is 0 Å². The fourth-order valence-electron chi connectivity index (χ4n) is 3.66. The van der Waals surface area contributed by atoms with Gasteiger partial charge < -0.3 is 9.84 Å². The highest BCUT2D eigenvalue weighted by molar-refractivity contribution is 5.70. The van der Waals surface area contributed by atoms with Gasteiger partial charge in [0.1, 0.15) is 6.10 Å². The average Bonchev–Trinajstić information content (AvgIpc) is 2.66. The van der Waals surface area contributed by atoms with E-state index in [0.29, 0.717) is 19.3 Å². The molecular formula is C25H48O4. The fraction of sp³-hybridized carbons (Fsp3) is 0.920. The molecule has 1 N–H and O–H groups in total. The molecule has 0 amide bonds.